The number of carboxylic acid groups (broad SMARTS) is 1. The lowest BCUT2D eigenvalue weighted by Crippen LogP contribution is -2.08. The van der Waals surface area contributed by atoms with Crippen LogP contribution in [0.15, 0.2) is 30.3 Å². The molecule has 6 heteroatoms. The summed E-state index contributed by atoms with van der Waals surface area (Å²) in [7, 11) is 0. The van der Waals surface area contributed by atoms with Gasteiger partial charge in [-0.3, -0.25) is 0 Å². The van der Waals surface area contributed by atoms with Gasteiger partial charge in [0.15, 0.2) is 5.82 Å². The molecule has 6 nitrogen and oxygen atoms in total. The summed E-state index contributed by atoms with van der Waals surface area (Å²) in [5, 5.41) is 20.7. The minimum absolute atomic E-state index is 0.0195. The van der Waals surface area contributed by atoms with Crippen LogP contribution < -0.4 is 5.32 Å². The lowest BCUT2D eigenvalue weighted by Gasteiger charge is -2.07. The highest BCUT2D eigenvalue weighted by Crippen LogP contribution is 2.18. The first-order valence-corrected chi connectivity index (χ1v) is 6.14. The lowest BCUT2D eigenvalue weighted by molar-refractivity contribution is 0.0697. The second kappa shape index (κ2) is 6.12. The summed E-state index contributed by atoms with van der Waals surface area (Å²) in [5.41, 5.74) is 1.75. The van der Waals surface area contributed by atoms with Gasteiger partial charge in [-0.25, -0.2) is 14.8 Å². The van der Waals surface area contributed by atoms with Gasteiger partial charge in [0, 0.05) is 23.9 Å². The van der Waals surface area contributed by atoms with Crippen molar-refractivity contribution in [3.8, 4) is 11.4 Å². The average Bonchev–Trinajstić information content (AvgIpc) is 2.44. The molecule has 3 N–H and O–H groups in total. The molecule has 0 spiro atoms. The third kappa shape index (κ3) is 3.30. The number of rotatable bonds is 5. The van der Waals surface area contributed by atoms with E-state index in [1.807, 2.05) is 6.92 Å². The van der Waals surface area contributed by atoms with Gasteiger partial charge in [0.2, 0.25) is 0 Å². The number of nitrogens with zero attached hydrogens (tertiary/aromatic N) is 2. The van der Waals surface area contributed by atoms with Crippen molar-refractivity contribution >= 4 is 11.8 Å². The van der Waals surface area contributed by atoms with Crippen LogP contribution in [0.25, 0.3) is 11.4 Å². The molecule has 104 valence electrons. The molecule has 20 heavy (non-hydrogen) atoms. The number of benzene rings is 1. The Morgan fingerprint density at radius 1 is 1.25 bits per heavy atom. The van der Waals surface area contributed by atoms with Crippen molar-refractivity contribution in [1.82, 2.24) is 9.97 Å². The Hall–Kier alpha value is -2.47. The Morgan fingerprint density at radius 3 is 2.55 bits per heavy atom. The molecule has 0 unspecified atom stereocenters. The first-order chi connectivity index (χ1) is 9.60. The molecule has 1 heterocycles. The van der Waals surface area contributed by atoms with Crippen LogP contribution in [0.3, 0.4) is 0 Å². The molecular weight excluding hydrogens is 258 g/mol. The van der Waals surface area contributed by atoms with Gasteiger partial charge in [0.1, 0.15) is 5.82 Å². The minimum Gasteiger partial charge on any atom is -0.478 e. The van der Waals surface area contributed by atoms with E-state index in [2.05, 4.69) is 15.3 Å². The molecule has 0 saturated heterocycles. The van der Waals surface area contributed by atoms with Gasteiger partial charge >= 0.3 is 5.97 Å². The van der Waals surface area contributed by atoms with Crippen molar-refractivity contribution in [3.63, 3.8) is 0 Å². The highest BCUT2D eigenvalue weighted by atomic mass is 16.4. The summed E-state index contributed by atoms with van der Waals surface area (Å²) in [4.78, 5) is 19.5. The van der Waals surface area contributed by atoms with Crippen LogP contribution in [-0.2, 0) is 0 Å². The molecule has 0 aliphatic carbocycles. The minimum atomic E-state index is -0.966. The second-order valence-corrected chi connectivity index (χ2v) is 4.25. The van der Waals surface area contributed by atoms with Crippen LogP contribution in [0, 0.1) is 6.92 Å². The molecule has 0 aliphatic rings. The fourth-order valence-corrected chi connectivity index (χ4v) is 1.73. The van der Waals surface area contributed by atoms with Gasteiger partial charge in [0.05, 0.1) is 12.2 Å². The highest BCUT2D eigenvalue weighted by Gasteiger charge is 2.07. The molecule has 1 aromatic heterocycles. The third-order valence-electron chi connectivity index (χ3n) is 2.66. The molecule has 0 atom stereocenters. The first kappa shape index (κ1) is 14.0. The normalized spacial score (nSPS) is 10.3. The summed E-state index contributed by atoms with van der Waals surface area (Å²) in [5.74, 6) is 0.179. The number of nitrogens with one attached hydrogen (secondary N) is 1. The molecule has 1 aromatic carbocycles. The number of aromatic carboxylic acids is 1. The number of carboxylic acids is 1. The van der Waals surface area contributed by atoms with E-state index >= 15 is 0 Å². The summed E-state index contributed by atoms with van der Waals surface area (Å²) in [6, 6.07) is 8.17. The van der Waals surface area contributed by atoms with Crippen LogP contribution >= 0.6 is 0 Å². The maximum atomic E-state index is 10.8. The molecule has 0 radical (unpaired) electrons. The van der Waals surface area contributed by atoms with E-state index in [0.717, 1.165) is 11.3 Å². The predicted octanol–water partition coefficient (Wildman–Crippen LogP) is 1.55. The smallest absolute Gasteiger partial charge is 0.335 e. The molecule has 0 saturated carbocycles. The van der Waals surface area contributed by atoms with Crippen molar-refractivity contribution < 1.29 is 15.0 Å². The van der Waals surface area contributed by atoms with Crippen LogP contribution in [0.4, 0.5) is 5.82 Å². The maximum Gasteiger partial charge on any atom is 0.335 e. The van der Waals surface area contributed by atoms with Gasteiger partial charge in [-0.15, -0.1) is 0 Å². The Balaban J connectivity index is 2.31. The SMILES string of the molecule is Cc1cc(NCCO)nc(-c2ccc(C(=O)O)cc2)n1. The van der Waals surface area contributed by atoms with Crippen molar-refractivity contribution in [2.24, 2.45) is 0 Å². The molecule has 2 aromatic rings. The number of aliphatic hydroxyl groups excluding tert-OH is 1. The van der Waals surface area contributed by atoms with Crippen molar-refractivity contribution in [2.45, 2.75) is 6.92 Å². The van der Waals surface area contributed by atoms with Gasteiger partial charge in [-0.2, -0.15) is 0 Å². The van der Waals surface area contributed by atoms with Crippen LogP contribution in [0.5, 0.6) is 0 Å². The van der Waals surface area contributed by atoms with Crippen molar-refractivity contribution in [2.75, 3.05) is 18.5 Å². The van der Waals surface area contributed by atoms with E-state index in [9.17, 15) is 4.79 Å². The molecule has 0 bridgehead atoms. The fraction of sp³-hybridized carbons (Fsp3) is 0.214. The zero-order valence-corrected chi connectivity index (χ0v) is 11.0. The van der Waals surface area contributed by atoms with Crippen LogP contribution in [0.1, 0.15) is 16.1 Å². The largest absolute Gasteiger partial charge is 0.478 e. The first-order valence-electron chi connectivity index (χ1n) is 6.14. The highest BCUT2D eigenvalue weighted by molar-refractivity contribution is 5.88. The number of hydrogen-bond donors (Lipinski definition) is 3. The van der Waals surface area contributed by atoms with E-state index in [-0.39, 0.29) is 12.2 Å². The van der Waals surface area contributed by atoms with Crippen LogP contribution in [0.2, 0.25) is 0 Å². The zero-order valence-electron chi connectivity index (χ0n) is 11.0. The summed E-state index contributed by atoms with van der Waals surface area (Å²) in [6.07, 6.45) is 0. The number of anilines is 1. The van der Waals surface area contributed by atoms with Crippen LogP contribution in [-0.4, -0.2) is 39.3 Å². The molecule has 0 fully saturated rings. The third-order valence-corrected chi connectivity index (χ3v) is 2.66. The lowest BCUT2D eigenvalue weighted by atomic mass is 10.1. The van der Waals surface area contributed by atoms with E-state index in [1.54, 1.807) is 18.2 Å². The predicted molar refractivity (Wildman–Crippen MR) is 74.7 cm³/mol. The summed E-state index contributed by atoms with van der Waals surface area (Å²) in [6.45, 7) is 2.28. The van der Waals surface area contributed by atoms with Gasteiger partial charge in [-0.1, -0.05) is 12.1 Å². The Kier molecular flexibility index (Phi) is 4.27. The molecular formula is C14H15N3O3. The second-order valence-electron chi connectivity index (χ2n) is 4.25. The van der Waals surface area contributed by atoms with Gasteiger partial charge in [0.25, 0.3) is 0 Å². The Labute approximate surface area is 116 Å². The number of aromatic nitrogens is 2. The number of carbonyl (C=O) groups is 1. The molecule has 0 aliphatic heterocycles. The zero-order chi connectivity index (χ0) is 14.5. The number of aryl methyl sites for hydroxylation is 1. The number of aliphatic hydroxyl groups is 1. The van der Waals surface area contributed by atoms with Crippen molar-refractivity contribution in [3.05, 3.63) is 41.6 Å². The van der Waals surface area contributed by atoms with Gasteiger partial charge in [-0.05, 0) is 19.1 Å². The molecule has 0 amide bonds. The van der Waals surface area contributed by atoms with E-state index in [0.29, 0.717) is 18.2 Å². The summed E-state index contributed by atoms with van der Waals surface area (Å²) >= 11 is 0. The van der Waals surface area contributed by atoms with E-state index in [1.165, 1.54) is 12.1 Å². The van der Waals surface area contributed by atoms with E-state index < -0.39 is 5.97 Å². The standard InChI is InChI=1S/C14H15N3O3/c1-9-8-12(15-6-7-18)17-13(16-9)10-2-4-11(5-3-10)14(19)20/h2-5,8,18H,6-7H2,1H3,(H,19,20)(H,15,16,17). The molecule has 2 rings (SSSR count). The quantitative estimate of drug-likeness (QED) is 0.765. The summed E-state index contributed by atoms with van der Waals surface area (Å²) < 4.78 is 0. The Bertz CT molecular complexity index is 612. The van der Waals surface area contributed by atoms with Crippen molar-refractivity contribution in [1.29, 1.82) is 0 Å². The Morgan fingerprint density at radius 2 is 1.95 bits per heavy atom. The van der Waals surface area contributed by atoms with Gasteiger partial charge < -0.3 is 15.5 Å². The topological polar surface area (TPSA) is 95.3 Å². The average molecular weight is 273 g/mol. The number of hydrogen-bond acceptors (Lipinski definition) is 5. The van der Waals surface area contributed by atoms with E-state index in [4.69, 9.17) is 10.2 Å². The maximum absolute atomic E-state index is 10.8. The fourth-order valence-electron chi connectivity index (χ4n) is 1.73. The monoisotopic (exact) mass is 273 g/mol.